The monoisotopic (exact) mass is 254 g/mol. The van der Waals surface area contributed by atoms with E-state index in [1.807, 2.05) is 6.07 Å². The number of phenols is 2. The van der Waals surface area contributed by atoms with Crippen LogP contribution in [0.5, 0.6) is 11.5 Å². The van der Waals surface area contributed by atoms with Gasteiger partial charge in [0, 0.05) is 16.7 Å². The van der Waals surface area contributed by atoms with E-state index in [0.29, 0.717) is 16.7 Å². The first-order chi connectivity index (χ1) is 9.09. The van der Waals surface area contributed by atoms with Gasteiger partial charge < -0.3 is 10.2 Å². The average Bonchev–Trinajstić information content (AvgIpc) is 2.45. The summed E-state index contributed by atoms with van der Waals surface area (Å²) in [6, 6.07) is 11.9. The number of allylic oxidation sites excluding steroid dienone is 1. The van der Waals surface area contributed by atoms with E-state index in [9.17, 15) is 15.0 Å². The van der Waals surface area contributed by atoms with Crippen LogP contribution in [0, 0.1) is 6.92 Å². The number of carbonyl (C=O) groups excluding carboxylic acids is 1. The van der Waals surface area contributed by atoms with Crippen LogP contribution in [0.2, 0.25) is 0 Å². The van der Waals surface area contributed by atoms with Gasteiger partial charge in [0.1, 0.15) is 11.5 Å². The van der Waals surface area contributed by atoms with Crippen molar-refractivity contribution >= 4 is 11.9 Å². The first kappa shape index (κ1) is 12.9. The lowest BCUT2D eigenvalue weighted by Gasteiger charge is -2.04. The third-order valence-corrected chi connectivity index (χ3v) is 2.91. The topological polar surface area (TPSA) is 57.5 Å². The van der Waals surface area contributed by atoms with Crippen LogP contribution in [0.1, 0.15) is 21.5 Å². The fourth-order valence-corrected chi connectivity index (χ4v) is 1.71. The third-order valence-electron chi connectivity index (χ3n) is 2.91. The zero-order valence-electron chi connectivity index (χ0n) is 10.5. The summed E-state index contributed by atoms with van der Waals surface area (Å²) in [5.74, 6) is -0.119. The van der Waals surface area contributed by atoms with Crippen molar-refractivity contribution in [3.63, 3.8) is 0 Å². The molecule has 0 heterocycles. The standard InChI is InChI=1S/C16H14O3/c1-11-14(17)9-7-13(16(11)19)8-10-15(18)12-5-3-2-4-6-12/h2-10,17,19H,1H3. The van der Waals surface area contributed by atoms with Crippen molar-refractivity contribution in [2.45, 2.75) is 6.92 Å². The lowest BCUT2D eigenvalue weighted by Crippen LogP contribution is -1.92. The predicted octanol–water partition coefficient (Wildman–Crippen LogP) is 3.30. The first-order valence-electron chi connectivity index (χ1n) is 5.88. The summed E-state index contributed by atoms with van der Waals surface area (Å²) < 4.78 is 0. The van der Waals surface area contributed by atoms with Gasteiger partial charge in [0.25, 0.3) is 0 Å². The number of carbonyl (C=O) groups is 1. The highest BCUT2D eigenvalue weighted by Gasteiger charge is 2.06. The zero-order valence-corrected chi connectivity index (χ0v) is 10.5. The normalized spacial score (nSPS) is 10.8. The average molecular weight is 254 g/mol. The molecule has 3 nitrogen and oxygen atoms in total. The molecule has 2 aromatic carbocycles. The highest BCUT2D eigenvalue weighted by atomic mass is 16.3. The Morgan fingerprint density at radius 3 is 2.42 bits per heavy atom. The maximum Gasteiger partial charge on any atom is 0.185 e. The molecule has 0 fully saturated rings. The molecule has 0 unspecified atom stereocenters. The molecule has 0 aliphatic rings. The van der Waals surface area contributed by atoms with Crippen molar-refractivity contribution in [1.82, 2.24) is 0 Å². The Bertz CT molecular complexity index is 628. The van der Waals surface area contributed by atoms with Gasteiger partial charge in [-0.15, -0.1) is 0 Å². The second kappa shape index (κ2) is 5.40. The van der Waals surface area contributed by atoms with Crippen molar-refractivity contribution in [2.75, 3.05) is 0 Å². The van der Waals surface area contributed by atoms with Crippen molar-refractivity contribution in [2.24, 2.45) is 0 Å². The lowest BCUT2D eigenvalue weighted by atomic mass is 10.1. The van der Waals surface area contributed by atoms with Crippen molar-refractivity contribution in [3.8, 4) is 11.5 Å². The summed E-state index contributed by atoms with van der Waals surface area (Å²) in [6.45, 7) is 1.61. The number of benzene rings is 2. The summed E-state index contributed by atoms with van der Waals surface area (Å²) in [4.78, 5) is 11.9. The maximum atomic E-state index is 11.9. The molecule has 0 amide bonds. The van der Waals surface area contributed by atoms with Crippen LogP contribution in [0.25, 0.3) is 6.08 Å². The van der Waals surface area contributed by atoms with Crippen molar-refractivity contribution in [3.05, 3.63) is 65.2 Å². The molecule has 0 bridgehead atoms. The molecule has 0 spiro atoms. The second-order valence-corrected chi connectivity index (χ2v) is 4.21. The van der Waals surface area contributed by atoms with Gasteiger partial charge in [0.15, 0.2) is 5.78 Å². The van der Waals surface area contributed by atoms with E-state index in [2.05, 4.69) is 0 Å². The molecule has 2 rings (SSSR count). The Balaban J connectivity index is 2.25. The van der Waals surface area contributed by atoms with Gasteiger partial charge in [-0.1, -0.05) is 30.3 Å². The molecule has 0 aromatic heterocycles. The van der Waals surface area contributed by atoms with Crippen molar-refractivity contribution in [1.29, 1.82) is 0 Å². The quantitative estimate of drug-likeness (QED) is 0.652. The molecule has 0 aliphatic carbocycles. The van der Waals surface area contributed by atoms with Crippen molar-refractivity contribution < 1.29 is 15.0 Å². The van der Waals surface area contributed by atoms with Gasteiger partial charge in [-0.05, 0) is 31.2 Å². The molecular formula is C16H14O3. The van der Waals surface area contributed by atoms with Gasteiger partial charge in [-0.3, -0.25) is 4.79 Å². The minimum atomic E-state index is -0.134. The summed E-state index contributed by atoms with van der Waals surface area (Å²) in [6.07, 6.45) is 2.94. The smallest absolute Gasteiger partial charge is 0.185 e. The largest absolute Gasteiger partial charge is 0.508 e. The molecule has 0 saturated carbocycles. The summed E-state index contributed by atoms with van der Waals surface area (Å²) in [5.41, 5.74) is 1.49. The fourth-order valence-electron chi connectivity index (χ4n) is 1.71. The highest BCUT2D eigenvalue weighted by molar-refractivity contribution is 6.06. The van der Waals surface area contributed by atoms with Gasteiger partial charge in [0.05, 0.1) is 0 Å². The SMILES string of the molecule is Cc1c(O)ccc(C=CC(=O)c2ccccc2)c1O. The van der Waals surface area contributed by atoms with Crippen LogP contribution in [0.4, 0.5) is 0 Å². The Hall–Kier alpha value is -2.55. The Labute approximate surface area is 111 Å². The third kappa shape index (κ3) is 2.83. The summed E-state index contributed by atoms with van der Waals surface area (Å²) in [7, 11) is 0. The van der Waals surface area contributed by atoms with Crippen LogP contribution >= 0.6 is 0 Å². The van der Waals surface area contributed by atoms with Crippen LogP contribution in [-0.4, -0.2) is 16.0 Å². The summed E-state index contributed by atoms with van der Waals surface area (Å²) in [5, 5.41) is 19.3. The molecule has 0 radical (unpaired) electrons. The zero-order chi connectivity index (χ0) is 13.8. The predicted molar refractivity (Wildman–Crippen MR) is 74.3 cm³/mol. The number of phenolic OH excluding ortho intramolecular Hbond substituents is 2. The molecule has 0 aliphatic heterocycles. The van der Waals surface area contributed by atoms with E-state index in [4.69, 9.17) is 0 Å². The molecule has 3 heteroatoms. The van der Waals surface area contributed by atoms with Crippen LogP contribution in [0.15, 0.2) is 48.5 Å². The lowest BCUT2D eigenvalue weighted by molar-refractivity contribution is 0.104. The Morgan fingerprint density at radius 2 is 1.74 bits per heavy atom. The van der Waals surface area contributed by atoms with Crippen LogP contribution in [-0.2, 0) is 0 Å². The highest BCUT2D eigenvalue weighted by Crippen LogP contribution is 2.30. The van der Waals surface area contributed by atoms with E-state index in [-0.39, 0.29) is 17.3 Å². The van der Waals surface area contributed by atoms with Gasteiger partial charge in [-0.2, -0.15) is 0 Å². The minimum Gasteiger partial charge on any atom is -0.508 e. The van der Waals surface area contributed by atoms with Gasteiger partial charge >= 0.3 is 0 Å². The van der Waals surface area contributed by atoms with Crippen LogP contribution in [0.3, 0.4) is 0 Å². The number of aromatic hydroxyl groups is 2. The van der Waals surface area contributed by atoms with Gasteiger partial charge in [0.2, 0.25) is 0 Å². The molecule has 19 heavy (non-hydrogen) atoms. The van der Waals surface area contributed by atoms with E-state index in [1.165, 1.54) is 18.2 Å². The summed E-state index contributed by atoms with van der Waals surface area (Å²) >= 11 is 0. The minimum absolute atomic E-state index is 0.0166. The molecular weight excluding hydrogens is 240 g/mol. The van der Waals surface area contributed by atoms with E-state index >= 15 is 0 Å². The number of hydrogen-bond donors (Lipinski definition) is 2. The maximum absolute atomic E-state index is 11.9. The fraction of sp³-hybridized carbons (Fsp3) is 0.0625. The first-order valence-corrected chi connectivity index (χ1v) is 5.88. The Morgan fingerprint density at radius 1 is 1.05 bits per heavy atom. The molecule has 2 aromatic rings. The Kier molecular flexibility index (Phi) is 3.66. The van der Waals surface area contributed by atoms with Crippen LogP contribution < -0.4 is 0 Å². The van der Waals surface area contributed by atoms with E-state index in [1.54, 1.807) is 37.3 Å². The molecule has 2 N–H and O–H groups in total. The van der Waals surface area contributed by atoms with E-state index < -0.39 is 0 Å². The number of hydrogen-bond acceptors (Lipinski definition) is 3. The molecule has 0 saturated heterocycles. The molecule has 0 atom stereocenters. The number of ketones is 1. The van der Waals surface area contributed by atoms with E-state index in [0.717, 1.165) is 0 Å². The van der Waals surface area contributed by atoms with Gasteiger partial charge in [-0.25, -0.2) is 0 Å². The number of rotatable bonds is 3. The second-order valence-electron chi connectivity index (χ2n) is 4.21. The molecule has 96 valence electrons.